The molecule has 2 saturated heterocycles. The molecule has 1 unspecified atom stereocenters. The number of fused-ring (bicyclic) bond motifs is 1. The normalized spacial score (nSPS) is 31.0. The molecule has 104 valence electrons. The minimum absolute atomic E-state index is 0.324. The van der Waals surface area contributed by atoms with Gasteiger partial charge in [-0.05, 0) is 51.1 Å². The Morgan fingerprint density at radius 2 is 2.11 bits per heavy atom. The average molecular weight is 259 g/mol. The first kappa shape index (κ1) is 13.1. The van der Waals surface area contributed by atoms with E-state index in [0.29, 0.717) is 17.6 Å². The van der Waals surface area contributed by atoms with Crippen LogP contribution in [0.2, 0.25) is 0 Å². The van der Waals surface area contributed by atoms with E-state index < -0.39 is 0 Å². The van der Waals surface area contributed by atoms with E-state index in [2.05, 4.69) is 49.1 Å². The summed E-state index contributed by atoms with van der Waals surface area (Å²) < 4.78 is 5.97. The van der Waals surface area contributed by atoms with Gasteiger partial charge in [-0.25, -0.2) is 0 Å². The lowest BCUT2D eigenvalue weighted by Crippen LogP contribution is -2.43. The number of rotatable bonds is 4. The lowest BCUT2D eigenvalue weighted by Gasteiger charge is -2.32. The Morgan fingerprint density at radius 1 is 1.32 bits per heavy atom. The average Bonchev–Trinajstić information content (AvgIpc) is 2.94. The van der Waals surface area contributed by atoms with Crippen LogP contribution in [0.25, 0.3) is 0 Å². The van der Waals surface area contributed by atoms with Crippen LogP contribution in [-0.4, -0.2) is 36.2 Å². The quantitative estimate of drug-likeness (QED) is 0.821. The molecule has 0 saturated carbocycles. The fraction of sp³-hybridized carbons (Fsp3) is 0.647. The second kappa shape index (κ2) is 5.26. The monoisotopic (exact) mass is 259 g/mol. The Hall–Kier alpha value is -0.860. The van der Waals surface area contributed by atoms with Crippen LogP contribution in [0, 0.1) is 0 Å². The van der Waals surface area contributed by atoms with Crippen molar-refractivity contribution in [2.45, 2.75) is 50.7 Å². The number of hydrogen-bond donors (Lipinski definition) is 0. The van der Waals surface area contributed by atoms with Gasteiger partial charge >= 0.3 is 0 Å². The Balaban J connectivity index is 1.74. The smallest absolute Gasteiger partial charge is 0.0654 e. The summed E-state index contributed by atoms with van der Waals surface area (Å²) in [4.78, 5) is 2.69. The molecule has 2 heterocycles. The summed E-state index contributed by atoms with van der Waals surface area (Å²) in [5, 5.41) is 0. The van der Waals surface area contributed by atoms with Crippen LogP contribution >= 0.6 is 0 Å². The maximum Gasteiger partial charge on any atom is 0.0654 e. The SMILES string of the molecule is CC(C)OCC12CCCN1C[C@H](c1ccccc1)C2. The Labute approximate surface area is 116 Å². The summed E-state index contributed by atoms with van der Waals surface area (Å²) in [7, 11) is 0. The summed E-state index contributed by atoms with van der Waals surface area (Å²) in [6.45, 7) is 7.66. The largest absolute Gasteiger partial charge is 0.377 e. The van der Waals surface area contributed by atoms with Crippen LogP contribution < -0.4 is 0 Å². The highest BCUT2D eigenvalue weighted by Crippen LogP contribution is 2.45. The van der Waals surface area contributed by atoms with Crippen LogP contribution in [0.5, 0.6) is 0 Å². The van der Waals surface area contributed by atoms with E-state index in [-0.39, 0.29) is 0 Å². The predicted molar refractivity (Wildman–Crippen MR) is 78.4 cm³/mol. The Kier molecular flexibility index (Phi) is 3.64. The standard InChI is InChI=1S/C17H25NO/c1-14(2)19-13-17-9-6-10-18(17)12-16(11-17)15-7-4-3-5-8-15/h3-5,7-8,14,16H,6,9-13H2,1-2H3/t16-,17?/m1/s1. The fourth-order valence-corrected chi connectivity index (χ4v) is 3.79. The van der Waals surface area contributed by atoms with E-state index in [4.69, 9.17) is 4.74 Å². The van der Waals surface area contributed by atoms with E-state index in [1.165, 1.54) is 37.9 Å². The number of ether oxygens (including phenoxy) is 1. The third kappa shape index (κ3) is 2.56. The predicted octanol–water partition coefficient (Wildman–Crippen LogP) is 3.43. The van der Waals surface area contributed by atoms with Crippen LogP contribution in [0.1, 0.15) is 44.6 Å². The summed E-state index contributed by atoms with van der Waals surface area (Å²) in [5.41, 5.74) is 1.82. The van der Waals surface area contributed by atoms with Gasteiger partial charge in [0, 0.05) is 12.1 Å². The van der Waals surface area contributed by atoms with Crippen LogP contribution in [-0.2, 0) is 4.74 Å². The highest BCUT2D eigenvalue weighted by molar-refractivity contribution is 5.24. The number of benzene rings is 1. The van der Waals surface area contributed by atoms with Crippen molar-refractivity contribution in [3.05, 3.63) is 35.9 Å². The molecule has 0 radical (unpaired) electrons. The van der Waals surface area contributed by atoms with Crippen molar-refractivity contribution in [3.63, 3.8) is 0 Å². The van der Waals surface area contributed by atoms with Gasteiger partial charge in [0.2, 0.25) is 0 Å². The van der Waals surface area contributed by atoms with Crippen molar-refractivity contribution in [1.29, 1.82) is 0 Å². The Morgan fingerprint density at radius 3 is 2.84 bits per heavy atom. The first-order valence-electron chi connectivity index (χ1n) is 7.61. The third-order valence-corrected chi connectivity index (χ3v) is 4.76. The van der Waals surface area contributed by atoms with Gasteiger partial charge in [0.15, 0.2) is 0 Å². The van der Waals surface area contributed by atoms with Crippen molar-refractivity contribution in [1.82, 2.24) is 4.90 Å². The maximum absolute atomic E-state index is 5.97. The van der Waals surface area contributed by atoms with E-state index in [0.717, 1.165) is 6.61 Å². The van der Waals surface area contributed by atoms with Crippen molar-refractivity contribution in [3.8, 4) is 0 Å². The second-order valence-corrected chi connectivity index (χ2v) is 6.45. The summed E-state index contributed by atoms with van der Waals surface area (Å²) in [5.74, 6) is 0.692. The van der Waals surface area contributed by atoms with Gasteiger partial charge < -0.3 is 4.74 Å². The molecule has 1 aromatic carbocycles. The molecule has 2 aliphatic heterocycles. The number of hydrogen-bond acceptors (Lipinski definition) is 2. The molecule has 0 spiro atoms. The summed E-state index contributed by atoms with van der Waals surface area (Å²) in [6.07, 6.45) is 4.25. The van der Waals surface area contributed by atoms with Crippen molar-refractivity contribution < 1.29 is 4.74 Å². The molecule has 1 aromatic rings. The molecule has 0 N–H and O–H groups in total. The fourth-order valence-electron chi connectivity index (χ4n) is 3.79. The molecule has 3 rings (SSSR count). The zero-order chi connectivity index (χ0) is 13.3. The van der Waals surface area contributed by atoms with Gasteiger partial charge in [0.05, 0.1) is 12.7 Å². The molecule has 2 atom stereocenters. The van der Waals surface area contributed by atoms with Gasteiger partial charge in [-0.1, -0.05) is 30.3 Å². The minimum Gasteiger partial charge on any atom is -0.377 e. The summed E-state index contributed by atoms with van der Waals surface area (Å²) in [6, 6.07) is 11.0. The maximum atomic E-state index is 5.97. The van der Waals surface area contributed by atoms with Crippen molar-refractivity contribution in [2.24, 2.45) is 0 Å². The lowest BCUT2D eigenvalue weighted by molar-refractivity contribution is 0.00303. The van der Waals surface area contributed by atoms with Crippen molar-refractivity contribution in [2.75, 3.05) is 19.7 Å². The topological polar surface area (TPSA) is 12.5 Å². The van der Waals surface area contributed by atoms with Crippen molar-refractivity contribution >= 4 is 0 Å². The molecule has 0 aliphatic carbocycles. The molecule has 2 heteroatoms. The van der Waals surface area contributed by atoms with E-state index in [1.54, 1.807) is 0 Å². The molecule has 2 fully saturated rings. The first-order valence-corrected chi connectivity index (χ1v) is 7.61. The third-order valence-electron chi connectivity index (χ3n) is 4.76. The van der Waals surface area contributed by atoms with E-state index in [9.17, 15) is 0 Å². The molecule has 2 aliphatic rings. The van der Waals surface area contributed by atoms with Gasteiger partial charge in [-0.3, -0.25) is 4.90 Å². The highest BCUT2D eigenvalue weighted by atomic mass is 16.5. The van der Waals surface area contributed by atoms with Gasteiger partial charge in [0.1, 0.15) is 0 Å². The molecule has 19 heavy (non-hydrogen) atoms. The molecule has 0 amide bonds. The molecule has 0 aromatic heterocycles. The molecule has 0 bridgehead atoms. The lowest BCUT2D eigenvalue weighted by atomic mass is 9.87. The van der Waals surface area contributed by atoms with E-state index in [1.807, 2.05) is 0 Å². The Bertz CT molecular complexity index is 417. The van der Waals surface area contributed by atoms with E-state index >= 15 is 0 Å². The first-order chi connectivity index (χ1) is 9.20. The minimum atomic E-state index is 0.324. The van der Waals surface area contributed by atoms with Gasteiger partial charge in [0.25, 0.3) is 0 Å². The zero-order valence-corrected chi connectivity index (χ0v) is 12.1. The van der Waals surface area contributed by atoms with Crippen LogP contribution in [0.3, 0.4) is 0 Å². The van der Waals surface area contributed by atoms with Crippen LogP contribution in [0.4, 0.5) is 0 Å². The highest BCUT2D eigenvalue weighted by Gasteiger charge is 2.48. The molecular weight excluding hydrogens is 234 g/mol. The molecule has 2 nitrogen and oxygen atoms in total. The van der Waals surface area contributed by atoms with Crippen LogP contribution in [0.15, 0.2) is 30.3 Å². The van der Waals surface area contributed by atoms with Gasteiger partial charge in [-0.15, -0.1) is 0 Å². The number of nitrogens with zero attached hydrogens (tertiary/aromatic N) is 1. The second-order valence-electron chi connectivity index (χ2n) is 6.45. The summed E-state index contributed by atoms with van der Waals surface area (Å²) >= 11 is 0. The van der Waals surface area contributed by atoms with Gasteiger partial charge in [-0.2, -0.15) is 0 Å². The molecular formula is C17H25NO. The zero-order valence-electron chi connectivity index (χ0n) is 12.1.